The van der Waals surface area contributed by atoms with Crippen LogP contribution in [0.2, 0.25) is 0 Å². The second-order valence-corrected chi connectivity index (χ2v) is 6.29. The Hall–Kier alpha value is -3.18. The summed E-state index contributed by atoms with van der Waals surface area (Å²) in [5.74, 6) is -0.0430. The molecule has 1 rings (SSSR count). The SMILES string of the molecule is CCN/C(=C\C(=N)C(C)(C)N/N=C\C=N)Nc1ncc(C(F)(F)F)c(NCC)n1. The van der Waals surface area contributed by atoms with E-state index in [1.54, 1.807) is 20.8 Å². The van der Waals surface area contributed by atoms with Gasteiger partial charge in [-0.25, -0.2) is 4.98 Å². The van der Waals surface area contributed by atoms with E-state index in [9.17, 15) is 13.2 Å². The first-order valence-corrected chi connectivity index (χ1v) is 8.84. The molecule has 9 nitrogen and oxygen atoms in total. The van der Waals surface area contributed by atoms with Crippen LogP contribution in [0, 0.1) is 10.8 Å². The molecule has 12 heteroatoms. The summed E-state index contributed by atoms with van der Waals surface area (Å²) in [5.41, 5.74) is 1.05. The highest BCUT2D eigenvalue weighted by atomic mass is 19.4. The molecule has 0 saturated carbocycles. The molecular formula is C17H26F3N9. The number of nitrogens with zero attached hydrogens (tertiary/aromatic N) is 3. The van der Waals surface area contributed by atoms with E-state index in [2.05, 4.69) is 36.4 Å². The Morgan fingerprint density at radius 1 is 1.24 bits per heavy atom. The summed E-state index contributed by atoms with van der Waals surface area (Å²) in [5, 5.41) is 27.4. The van der Waals surface area contributed by atoms with Crippen molar-refractivity contribution in [2.24, 2.45) is 5.10 Å². The standard InChI is InChI=1S/C17H26F3N9/c1-5-23-13(9-12(22)16(3,4)29-26-8-7-21)27-15-25-10-11(17(18,19)20)14(28-15)24-6-2/h7-10,21-23,29H,5-6H2,1-4H3,(H2,24,25,27,28)/b13-9+,21-7?,22-12?,26-8-. The first-order chi connectivity index (χ1) is 13.5. The number of alkyl halides is 3. The second kappa shape index (κ2) is 10.4. The Bertz CT molecular complexity index is 770. The summed E-state index contributed by atoms with van der Waals surface area (Å²) in [7, 11) is 0. The quantitative estimate of drug-likeness (QED) is 0.244. The highest BCUT2D eigenvalue weighted by Crippen LogP contribution is 2.33. The van der Waals surface area contributed by atoms with Crippen molar-refractivity contribution in [1.82, 2.24) is 20.7 Å². The summed E-state index contributed by atoms with van der Waals surface area (Å²) in [6, 6.07) is 0. The number of hydrogen-bond acceptors (Lipinski definition) is 9. The van der Waals surface area contributed by atoms with Crippen molar-refractivity contribution in [3.05, 3.63) is 23.7 Å². The van der Waals surface area contributed by atoms with Gasteiger partial charge in [-0.1, -0.05) is 0 Å². The van der Waals surface area contributed by atoms with Gasteiger partial charge >= 0.3 is 6.18 Å². The maximum Gasteiger partial charge on any atom is 0.421 e. The Balaban J connectivity index is 3.13. The Labute approximate surface area is 167 Å². The number of hydrazone groups is 1. The number of anilines is 2. The van der Waals surface area contributed by atoms with Gasteiger partial charge in [-0.05, 0) is 27.7 Å². The van der Waals surface area contributed by atoms with Crippen molar-refractivity contribution in [1.29, 1.82) is 10.8 Å². The van der Waals surface area contributed by atoms with Gasteiger partial charge in [0.25, 0.3) is 0 Å². The molecule has 0 aliphatic carbocycles. The van der Waals surface area contributed by atoms with E-state index in [-0.39, 0.29) is 24.0 Å². The summed E-state index contributed by atoms with van der Waals surface area (Å²) < 4.78 is 39.3. The average molecular weight is 413 g/mol. The van der Waals surface area contributed by atoms with Gasteiger partial charge in [0.2, 0.25) is 5.95 Å². The average Bonchev–Trinajstić information content (AvgIpc) is 2.61. The molecule has 0 atom stereocenters. The van der Waals surface area contributed by atoms with Crippen molar-refractivity contribution in [3.63, 3.8) is 0 Å². The van der Waals surface area contributed by atoms with Gasteiger partial charge in [-0.15, -0.1) is 0 Å². The van der Waals surface area contributed by atoms with Gasteiger partial charge in [0.1, 0.15) is 17.2 Å². The zero-order chi connectivity index (χ0) is 22.1. The minimum Gasteiger partial charge on any atom is -0.372 e. The maximum absolute atomic E-state index is 13.1. The Kier molecular flexibility index (Phi) is 8.55. The third-order valence-corrected chi connectivity index (χ3v) is 3.51. The van der Waals surface area contributed by atoms with E-state index >= 15 is 0 Å². The molecule has 1 aromatic heterocycles. The Morgan fingerprint density at radius 3 is 2.48 bits per heavy atom. The van der Waals surface area contributed by atoms with E-state index in [4.69, 9.17) is 10.8 Å². The predicted octanol–water partition coefficient (Wildman–Crippen LogP) is 2.81. The molecule has 6 N–H and O–H groups in total. The number of nitrogens with one attached hydrogen (secondary N) is 6. The van der Waals surface area contributed by atoms with E-state index in [0.29, 0.717) is 18.6 Å². The minimum absolute atomic E-state index is 0.0541. The van der Waals surface area contributed by atoms with Crippen LogP contribution in [0.25, 0.3) is 0 Å². The molecule has 0 bridgehead atoms. The van der Waals surface area contributed by atoms with Crippen LogP contribution in [-0.4, -0.2) is 46.7 Å². The predicted molar refractivity (Wildman–Crippen MR) is 109 cm³/mol. The van der Waals surface area contributed by atoms with Crippen LogP contribution in [0.1, 0.15) is 33.3 Å². The van der Waals surface area contributed by atoms with Crippen LogP contribution in [0.4, 0.5) is 24.9 Å². The van der Waals surface area contributed by atoms with E-state index in [1.165, 1.54) is 12.3 Å². The van der Waals surface area contributed by atoms with Crippen molar-refractivity contribution in [2.45, 2.75) is 39.4 Å². The third kappa shape index (κ3) is 7.39. The van der Waals surface area contributed by atoms with Crippen LogP contribution in [0.5, 0.6) is 0 Å². The summed E-state index contributed by atoms with van der Waals surface area (Å²) in [6.07, 6.45) is -0.173. The van der Waals surface area contributed by atoms with Crippen LogP contribution in [0.3, 0.4) is 0 Å². The van der Waals surface area contributed by atoms with Crippen LogP contribution in [-0.2, 0) is 6.18 Å². The van der Waals surface area contributed by atoms with E-state index in [0.717, 1.165) is 6.21 Å². The van der Waals surface area contributed by atoms with Crippen LogP contribution < -0.4 is 21.4 Å². The normalized spacial score (nSPS) is 12.6. The number of aromatic nitrogens is 2. The molecular weight excluding hydrogens is 387 g/mol. The highest BCUT2D eigenvalue weighted by molar-refractivity contribution is 6.14. The molecule has 0 saturated heterocycles. The molecule has 0 spiro atoms. The summed E-state index contributed by atoms with van der Waals surface area (Å²) in [6.45, 7) is 7.68. The zero-order valence-electron chi connectivity index (χ0n) is 16.7. The lowest BCUT2D eigenvalue weighted by Crippen LogP contribution is -2.43. The molecule has 29 heavy (non-hydrogen) atoms. The van der Waals surface area contributed by atoms with Crippen LogP contribution in [0.15, 0.2) is 23.2 Å². The lowest BCUT2D eigenvalue weighted by Gasteiger charge is -2.24. The summed E-state index contributed by atoms with van der Waals surface area (Å²) in [4.78, 5) is 7.65. The van der Waals surface area contributed by atoms with Gasteiger partial charge in [0.05, 0.1) is 17.5 Å². The molecule has 0 aliphatic rings. The van der Waals surface area contributed by atoms with Crippen molar-refractivity contribution >= 4 is 29.9 Å². The molecule has 1 heterocycles. The van der Waals surface area contributed by atoms with Gasteiger partial charge in [0, 0.05) is 31.6 Å². The van der Waals surface area contributed by atoms with Gasteiger partial charge in [-0.3, -0.25) is 5.43 Å². The van der Waals surface area contributed by atoms with Crippen molar-refractivity contribution < 1.29 is 13.2 Å². The largest absolute Gasteiger partial charge is 0.421 e. The lowest BCUT2D eigenvalue weighted by atomic mass is 9.99. The smallest absolute Gasteiger partial charge is 0.372 e. The molecule has 0 fully saturated rings. The monoisotopic (exact) mass is 413 g/mol. The molecule has 0 radical (unpaired) electrons. The van der Waals surface area contributed by atoms with Gasteiger partial charge in [-0.2, -0.15) is 23.3 Å². The molecule has 0 amide bonds. The Morgan fingerprint density at radius 2 is 1.93 bits per heavy atom. The topological polar surface area (TPSA) is 134 Å². The van der Waals surface area contributed by atoms with E-state index in [1.807, 2.05) is 6.92 Å². The molecule has 0 unspecified atom stereocenters. The maximum atomic E-state index is 13.1. The molecule has 0 aliphatic heterocycles. The lowest BCUT2D eigenvalue weighted by molar-refractivity contribution is -0.137. The van der Waals surface area contributed by atoms with Crippen LogP contribution >= 0.6 is 0 Å². The number of hydrogen-bond donors (Lipinski definition) is 6. The zero-order valence-corrected chi connectivity index (χ0v) is 16.7. The van der Waals surface area contributed by atoms with Gasteiger partial charge in [0.15, 0.2) is 0 Å². The molecule has 1 aromatic rings. The first-order valence-electron chi connectivity index (χ1n) is 8.84. The minimum atomic E-state index is -4.58. The van der Waals surface area contributed by atoms with Crippen molar-refractivity contribution in [3.8, 4) is 0 Å². The number of halogens is 3. The summed E-state index contributed by atoms with van der Waals surface area (Å²) >= 11 is 0. The van der Waals surface area contributed by atoms with Crippen molar-refractivity contribution in [2.75, 3.05) is 23.7 Å². The molecule has 0 aromatic carbocycles. The fourth-order valence-electron chi connectivity index (χ4n) is 2.01. The first kappa shape index (κ1) is 23.9. The fraction of sp³-hybridized carbons (Fsp3) is 0.471. The molecule has 160 valence electrons. The fourth-order valence-corrected chi connectivity index (χ4v) is 2.01. The second-order valence-electron chi connectivity index (χ2n) is 6.29. The van der Waals surface area contributed by atoms with E-state index < -0.39 is 17.3 Å². The number of rotatable bonds is 11. The van der Waals surface area contributed by atoms with Gasteiger partial charge < -0.3 is 26.8 Å². The highest BCUT2D eigenvalue weighted by Gasteiger charge is 2.35. The third-order valence-electron chi connectivity index (χ3n) is 3.51.